The fourth-order valence-corrected chi connectivity index (χ4v) is 1.96. The van der Waals surface area contributed by atoms with Crippen LogP contribution in [0.3, 0.4) is 0 Å². The number of hydrazone groups is 1. The van der Waals surface area contributed by atoms with Gasteiger partial charge in [-0.05, 0) is 45.0 Å². The summed E-state index contributed by atoms with van der Waals surface area (Å²) >= 11 is 0. The average Bonchev–Trinajstić information content (AvgIpc) is 2.56. The number of ether oxygens (including phenoxy) is 2. The van der Waals surface area contributed by atoms with Crippen LogP contribution >= 0.6 is 0 Å². The molecule has 5 heteroatoms. The zero-order valence-corrected chi connectivity index (χ0v) is 14.1. The molecule has 5 nitrogen and oxygen atoms in total. The smallest absolute Gasteiger partial charge is 0.280 e. The van der Waals surface area contributed by atoms with Crippen molar-refractivity contribution in [3.8, 4) is 11.5 Å². The molecule has 2 rings (SSSR count). The fourth-order valence-electron chi connectivity index (χ4n) is 1.96. The first-order valence-electron chi connectivity index (χ1n) is 7.86. The number of hydrogen-bond donors (Lipinski definition) is 1. The summed E-state index contributed by atoms with van der Waals surface area (Å²) in [6, 6.07) is 16.7. The number of benzene rings is 2. The molecule has 0 saturated carbocycles. The molecule has 0 aliphatic heterocycles. The SMILES string of the molecule is CC(C)Oc1ccccc1/C=N/NC(=O)[C@@H](C)Oc1ccccc1. The maximum Gasteiger partial charge on any atom is 0.280 e. The molecule has 0 aliphatic rings. The number of hydrogen-bond acceptors (Lipinski definition) is 4. The highest BCUT2D eigenvalue weighted by Crippen LogP contribution is 2.17. The highest BCUT2D eigenvalue weighted by Gasteiger charge is 2.13. The number of rotatable bonds is 7. The average molecular weight is 326 g/mol. The number of amides is 1. The Balaban J connectivity index is 1.92. The van der Waals surface area contributed by atoms with E-state index < -0.39 is 6.10 Å². The van der Waals surface area contributed by atoms with E-state index in [2.05, 4.69) is 10.5 Å². The summed E-state index contributed by atoms with van der Waals surface area (Å²) in [5.74, 6) is 1.04. The molecule has 0 spiro atoms. The second-order valence-corrected chi connectivity index (χ2v) is 5.51. The molecule has 1 amide bonds. The van der Waals surface area contributed by atoms with Gasteiger partial charge in [0.25, 0.3) is 5.91 Å². The van der Waals surface area contributed by atoms with Gasteiger partial charge in [0.05, 0.1) is 12.3 Å². The lowest BCUT2D eigenvalue weighted by molar-refractivity contribution is -0.127. The molecule has 126 valence electrons. The first kappa shape index (κ1) is 17.5. The molecule has 2 aromatic rings. The molecule has 2 aromatic carbocycles. The van der Waals surface area contributed by atoms with Crippen LogP contribution < -0.4 is 14.9 Å². The number of carbonyl (C=O) groups excluding carboxylic acids is 1. The van der Waals surface area contributed by atoms with Crippen LogP contribution in [0.25, 0.3) is 0 Å². The van der Waals surface area contributed by atoms with Crippen molar-refractivity contribution in [3.05, 3.63) is 60.2 Å². The van der Waals surface area contributed by atoms with Crippen LogP contribution in [0.2, 0.25) is 0 Å². The molecule has 0 unspecified atom stereocenters. The third-order valence-corrected chi connectivity index (χ3v) is 3.09. The second-order valence-electron chi connectivity index (χ2n) is 5.51. The minimum atomic E-state index is -0.647. The Bertz CT molecular complexity index is 684. The molecule has 1 atom stereocenters. The molecule has 24 heavy (non-hydrogen) atoms. The van der Waals surface area contributed by atoms with Crippen molar-refractivity contribution in [2.24, 2.45) is 5.10 Å². The zero-order valence-electron chi connectivity index (χ0n) is 14.1. The fraction of sp³-hybridized carbons (Fsp3) is 0.263. The van der Waals surface area contributed by atoms with Crippen LogP contribution in [-0.2, 0) is 4.79 Å². The predicted octanol–water partition coefficient (Wildman–Crippen LogP) is 3.39. The highest BCUT2D eigenvalue weighted by atomic mass is 16.5. The van der Waals surface area contributed by atoms with Crippen LogP contribution in [0.4, 0.5) is 0 Å². The lowest BCUT2D eigenvalue weighted by Crippen LogP contribution is -2.33. The normalized spacial score (nSPS) is 12.2. The molecule has 0 bridgehead atoms. The number of nitrogens with zero attached hydrogens (tertiary/aromatic N) is 1. The molecule has 1 N–H and O–H groups in total. The van der Waals surface area contributed by atoms with E-state index in [1.165, 1.54) is 0 Å². The van der Waals surface area contributed by atoms with E-state index in [-0.39, 0.29) is 12.0 Å². The number of nitrogens with one attached hydrogen (secondary N) is 1. The van der Waals surface area contributed by atoms with Crippen molar-refractivity contribution in [2.45, 2.75) is 33.0 Å². The van der Waals surface area contributed by atoms with Gasteiger partial charge in [-0.2, -0.15) is 5.10 Å². The van der Waals surface area contributed by atoms with Crippen molar-refractivity contribution in [1.29, 1.82) is 0 Å². The van der Waals surface area contributed by atoms with E-state index in [1.807, 2.05) is 56.3 Å². The van der Waals surface area contributed by atoms with Gasteiger partial charge in [-0.3, -0.25) is 4.79 Å². The van der Waals surface area contributed by atoms with Crippen LogP contribution in [0.1, 0.15) is 26.3 Å². The van der Waals surface area contributed by atoms with Gasteiger partial charge in [-0.25, -0.2) is 5.43 Å². The minimum Gasteiger partial charge on any atom is -0.490 e. The lowest BCUT2D eigenvalue weighted by atomic mass is 10.2. The second kappa shape index (κ2) is 8.72. The Morgan fingerprint density at radius 2 is 1.67 bits per heavy atom. The molecule has 0 fully saturated rings. The Labute approximate surface area is 142 Å². The number of para-hydroxylation sites is 2. The Morgan fingerprint density at radius 3 is 2.38 bits per heavy atom. The Kier molecular flexibility index (Phi) is 6.37. The molecule has 0 aliphatic carbocycles. The zero-order chi connectivity index (χ0) is 17.4. The third kappa shape index (κ3) is 5.43. The lowest BCUT2D eigenvalue weighted by Gasteiger charge is -2.13. The van der Waals surface area contributed by atoms with Gasteiger partial charge in [0.1, 0.15) is 11.5 Å². The van der Waals surface area contributed by atoms with Gasteiger partial charge in [-0.1, -0.05) is 30.3 Å². The van der Waals surface area contributed by atoms with E-state index >= 15 is 0 Å². The summed E-state index contributed by atoms with van der Waals surface area (Å²) < 4.78 is 11.2. The Hall–Kier alpha value is -2.82. The first-order valence-corrected chi connectivity index (χ1v) is 7.86. The molecule has 0 saturated heterocycles. The molecular formula is C19H22N2O3. The molecular weight excluding hydrogens is 304 g/mol. The maximum absolute atomic E-state index is 12.0. The van der Waals surface area contributed by atoms with Gasteiger partial charge in [0.15, 0.2) is 6.10 Å². The van der Waals surface area contributed by atoms with Crippen molar-refractivity contribution < 1.29 is 14.3 Å². The van der Waals surface area contributed by atoms with E-state index in [9.17, 15) is 4.79 Å². The van der Waals surface area contributed by atoms with Gasteiger partial charge >= 0.3 is 0 Å². The number of carbonyl (C=O) groups is 1. The highest BCUT2D eigenvalue weighted by molar-refractivity contribution is 5.86. The largest absolute Gasteiger partial charge is 0.490 e. The first-order chi connectivity index (χ1) is 11.6. The van der Waals surface area contributed by atoms with Gasteiger partial charge in [0, 0.05) is 5.56 Å². The van der Waals surface area contributed by atoms with Gasteiger partial charge in [0.2, 0.25) is 0 Å². The van der Waals surface area contributed by atoms with Gasteiger partial charge < -0.3 is 9.47 Å². The van der Waals surface area contributed by atoms with Crippen molar-refractivity contribution in [2.75, 3.05) is 0 Å². The summed E-state index contributed by atoms with van der Waals surface area (Å²) in [4.78, 5) is 12.0. The molecule has 0 aromatic heterocycles. The topological polar surface area (TPSA) is 59.9 Å². The van der Waals surface area contributed by atoms with E-state index in [0.717, 1.165) is 11.3 Å². The standard InChI is InChI=1S/C19H22N2O3/c1-14(2)23-18-12-8-7-9-16(18)13-20-21-19(22)15(3)24-17-10-5-4-6-11-17/h4-15H,1-3H3,(H,21,22)/b20-13+/t15-/m1/s1. The van der Waals surface area contributed by atoms with E-state index in [1.54, 1.807) is 25.3 Å². The Morgan fingerprint density at radius 1 is 1.00 bits per heavy atom. The summed E-state index contributed by atoms with van der Waals surface area (Å²) in [5.41, 5.74) is 3.28. The van der Waals surface area contributed by atoms with E-state index in [4.69, 9.17) is 9.47 Å². The summed E-state index contributed by atoms with van der Waals surface area (Å²) in [6.07, 6.45) is 0.977. The third-order valence-electron chi connectivity index (χ3n) is 3.09. The van der Waals surface area contributed by atoms with Crippen molar-refractivity contribution in [3.63, 3.8) is 0 Å². The monoisotopic (exact) mass is 326 g/mol. The van der Waals surface area contributed by atoms with Crippen LogP contribution in [0.15, 0.2) is 59.7 Å². The van der Waals surface area contributed by atoms with Crippen LogP contribution in [0, 0.1) is 0 Å². The van der Waals surface area contributed by atoms with Crippen molar-refractivity contribution in [1.82, 2.24) is 5.43 Å². The minimum absolute atomic E-state index is 0.0634. The summed E-state index contributed by atoms with van der Waals surface area (Å²) in [5, 5.41) is 3.99. The predicted molar refractivity (Wildman–Crippen MR) is 94.5 cm³/mol. The molecule has 0 radical (unpaired) electrons. The maximum atomic E-state index is 12.0. The van der Waals surface area contributed by atoms with Crippen molar-refractivity contribution >= 4 is 12.1 Å². The summed E-state index contributed by atoms with van der Waals surface area (Å²) in [6.45, 7) is 5.59. The van der Waals surface area contributed by atoms with Crippen LogP contribution in [-0.4, -0.2) is 24.3 Å². The van der Waals surface area contributed by atoms with Crippen LogP contribution in [0.5, 0.6) is 11.5 Å². The quantitative estimate of drug-likeness (QED) is 0.627. The van der Waals surface area contributed by atoms with E-state index in [0.29, 0.717) is 5.75 Å². The van der Waals surface area contributed by atoms with Gasteiger partial charge in [-0.15, -0.1) is 0 Å². The molecule has 0 heterocycles. The summed E-state index contributed by atoms with van der Waals surface area (Å²) in [7, 11) is 0.